The summed E-state index contributed by atoms with van der Waals surface area (Å²) in [7, 11) is 3.77. The Morgan fingerprint density at radius 3 is 2.62 bits per heavy atom. The third kappa shape index (κ3) is 7.42. The summed E-state index contributed by atoms with van der Waals surface area (Å²) in [6, 6.07) is 0.364. The van der Waals surface area contributed by atoms with E-state index in [1.807, 2.05) is 43.3 Å². The van der Waals surface area contributed by atoms with Crippen LogP contribution in [0.25, 0.3) is 0 Å². The van der Waals surface area contributed by atoms with E-state index in [0.717, 1.165) is 44.2 Å². The highest BCUT2D eigenvalue weighted by Crippen LogP contribution is 2.21. The molecule has 7 nitrogen and oxygen atoms in total. The van der Waals surface area contributed by atoms with Crippen LogP contribution in [0.5, 0.6) is 0 Å². The average Bonchev–Trinajstić information content (AvgIpc) is 3.11. The Morgan fingerprint density at radius 1 is 1.41 bits per heavy atom. The lowest BCUT2D eigenvalue weighted by Crippen LogP contribution is -2.53. The molecule has 1 fully saturated rings. The van der Waals surface area contributed by atoms with Crippen LogP contribution in [0.2, 0.25) is 0 Å². The van der Waals surface area contributed by atoms with Crippen LogP contribution in [0.3, 0.4) is 0 Å². The van der Waals surface area contributed by atoms with Crippen LogP contribution in [0.1, 0.15) is 25.5 Å². The van der Waals surface area contributed by atoms with E-state index >= 15 is 0 Å². The smallest absolute Gasteiger partial charge is 0.193 e. The molecule has 2 atom stereocenters. The first kappa shape index (κ1) is 25.6. The number of hydrogen-bond acceptors (Lipinski definition) is 4. The molecule has 164 valence electrons. The highest BCUT2D eigenvalue weighted by Gasteiger charge is 2.26. The van der Waals surface area contributed by atoms with Crippen molar-refractivity contribution in [2.45, 2.75) is 26.0 Å². The number of halogens is 1. The number of aromatic nitrogens is 2. The Morgan fingerprint density at radius 2 is 2.10 bits per heavy atom. The van der Waals surface area contributed by atoms with Crippen LogP contribution in [0.4, 0.5) is 0 Å². The Hall–Kier alpha value is -1.39. The van der Waals surface area contributed by atoms with Gasteiger partial charge in [-0.2, -0.15) is 5.10 Å². The topological polar surface area (TPSA) is 57.9 Å². The van der Waals surface area contributed by atoms with E-state index in [1.54, 1.807) is 0 Å². The second-order valence-corrected chi connectivity index (χ2v) is 7.52. The van der Waals surface area contributed by atoms with E-state index < -0.39 is 0 Å². The van der Waals surface area contributed by atoms with Crippen LogP contribution in [-0.2, 0) is 11.8 Å². The molecule has 0 radical (unpaired) electrons. The van der Waals surface area contributed by atoms with Gasteiger partial charge in [-0.3, -0.25) is 14.6 Å². The Bertz CT molecular complexity index is 649. The number of guanidine groups is 1. The van der Waals surface area contributed by atoms with Gasteiger partial charge in [0.25, 0.3) is 0 Å². The first-order valence-electron chi connectivity index (χ1n) is 10.0. The largest absolute Gasteiger partial charge is 0.370 e. The monoisotopic (exact) mass is 516 g/mol. The van der Waals surface area contributed by atoms with Crippen molar-refractivity contribution in [3.8, 4) is 0 Å². The molecule has 1 saturated heterocycles. The summed E-state index contributed by atoms with van der Waals surface area (Å²) in [5, 5.41) is 7.85. The van der Waals surface area contributed by atoms with Crippen LogP contribution in [0, 0.1) is 5.92 Å². The van der Waals surface area contributed by atoms with Crippen LogP contribution in [-0.4, -0.2) is 78.0 Å². The fraction of sp³-hybridized carbons (Fsp3) is 0.619. The maximum absolute atomic E-state index is 5.96. The van der Waals surface area contributed by atoms with Gasteiger partial charge in [0, 0.05) is 58.1 Å². The van der Waals surface area contributed by atoms with Gasteiger partial charge in [0.15, 0.2) is 5.96 Å². The van der Waals surface area contributed by atoms with E-state index in [2.05, 4.69) is 52.2 Å². The van der Waals surface area contributed by atoms with Gasteiger partial charge in [0.1, 0.15) is 6.10 Å². The fourth-order valence-corrected chi connectivity index (χ4v) is 3.64. The van der Waals surface area contributed by atoms with E-state index in [9.17, 15) is 0 Å². The van der Waals surface area contributed by atoms with Gasteiger partial charge >= 0.3 is 0 Å². The Balaban J connectivity index is 0.00000420. The lowest BCUT2D eigenvalue weighted by Gasteiger charge is -2.37. The van der Waals surface area contributed by atoms with Crippen molar-refractivity contribution in [2.75, 3.05) is 46.4 Å². The lowest BCUT2D eigenvalue weighted by molar-refractivity contribution is -0.00817. The summed E-state index contributed by atoms with van der Waals surface area (Å²) in [5.74, 6) is 1.42. The number of ether oxygens (including phenoxy) is 1. The minimum atomic E-state index is 0. The first-order chi connectivity index (χ1) is 13.5. The molecule has 0 saturated carbocycles. The number of aliphatic imine (C=N–C) groups is 1. The van der Waals surface area contributed by atoms with Crippen molar-refractivity contribution < 1.29 is 4.74 Å². The standard InChI is InChI=1S/C21H36N6O.HI/c1-7-9-26(10-8-2)19(17(3)4)14-23-21(22-5)27-11-12-28-20(16-27)18-13-24-25(6)15-18;/h7-8,13,15,17,19-20H,1-2,9-12,14,16H2,3-6H3,(H,22,23);1H. The van der Waals surface area contributed by atoms with Gasteiger partial charge in [-0.25, -0.2) is 0 Å². The van der Waals surface area contributed by atoms with Crippen molar-refractivity contribution in [1.29, 1.82) is 0 Å². The summed E-state index contributed by atoms with van der Waals surface area (Å²) in [6.07, 6.45) is 7.81. The zero-order valence-electron chi connectivity index (χ0n) is 18.3. The second-order valence-electron chi connectivity index (χ2n) is 7.52. The third-order valence-corrected chi connectivity index (χ3v) is 5.11. The number of rotatable bonds is 9. The molecule has 1 aromatic rings. The SMILES string of the molecule is C=CCN(CC=C)C(CNC(=NC)N1CCOC(c2cnn(C)c2)C1)C(C)C.I. The highest BCUT2D eigenvalue weighted by atomic mass is 127. The summed E-state index contributed by atoms with van der Waals surface area (Å²) in [6.45, 7) is 17.1. The molecule has 0 aromatic carbocycles. The molecule has 2 heterocycles. The number of nitrogens with zero attached hydrogens (tertiary/aromatic N) is 5. The first-order valence-corrected chi connectivity index (χ1v) is 10.0. The molecule has 1 aliphatic heterocycles. The van der Waals surface area contributed by atoms with Crippen molar-refractivity contribution in [3.63, 3.8) is 0 Å². The number of nitrogens with one attached hydrogen (secondary N) is 1. The summed E-state index contributed by atoms with van der Waals surface area (Å²) >= 11 is 0. The van der Waals surface area contributed by atoms with E-state index in [4.69, 9.17) is 4.74 Å². The van der Waals surface area contributed by atoms with E-state index in [0.29, 0.717) is 18.6 Å². The molecule has 2 unspecified atom stereocenters. The minimum Gasteiger partial charge on any atom is -0.370 e. The maximum Gasteiger partial charge on any atom is 0.193 e. The van der Waals surface area contributed by atoms with Gasteiger partial charge in [-0.1, -0.05) is 26.0 Å². The van der Waals surface area contributed by atoms with Gasteiger partial charge in [-0.15, -0.1) is 37.1 Å². The molecule has 0 spiro atoms. The van der Waals surface area contributed by atoms with Gasteiger partial charge in [0.2, 0.25) is 0 Å². The molecule has 0 amide bonds. The summed E-state index contributed by atoms with van der Waals surface area (Å²) in [4.78, 5) is 9.18. The minimum absolute atomic E-state index is 0. The van der Waals surface area contributed by atoms with Crippen molar-refractivity contribution >= 4 is 29.9 Å². The van der Waals surface area contributed by atoms with Crippen molar-refractivity contribution in [2.24, 2.45) is 18.0 Å². The molecule has 29 heavy (non-hydrogen) atoms. The molecule has 2 rings (SSSR count). The molecule has 1 aromatic heterocycles. The van der Waals surface area contributed by atoms with Crippen molar-refractivity contribution in [3.05, 3.63) is 43.3 Å². The van der Waals surface area contributed by atoms with Gasteiger partial charge in [0.05, 0.1) is 19.3 Å². The van der Waals surface area contributed by atoms with E-state index in [1.165, 1.54) is 0 Å². The maximum atomic E-state index is 5.96. The molecular formula is C21H37IN6O. The molecular weight excluding hydrogens is 479 g/mol. The Labute approximate surface area is 192 Å². The van der Waals surface area contributed by atoms with E-state index in [-0.39, 0.29) is 30.1 Å². The highest BCUT2D eigenvalue weighted by molar-refractivity contribution is 14.0. The predicted molar refractivity (Wildman–Crippen MR) is 131 cm³/mol. The fourth-order valence-electron chi connectivity index (χ4n) is 3.64. The predicted octanol–water partition coefficient (Wildman–Crippen LogP) is 2.69. The molecule has 1 N–H and O–H groups in total. The average molecular weight is 516 g/mol. The lowest BCUT2D eigenvalue weighted by atomic mass is 10.0. The third-order valence-electron chi connectivity index (χ3n) is 5.11. The number of morpholine rings is 1. The molecule has 0 aliphatic carbocycles. The van der Waals surface area contributed by atoms with Gasteiger partial charge in [-0.05, 0) is 5.92 Å². The van der Waals surface area contributed by atoms with Gasteiger partial charge < -0.3 is 15.0 Å². The van der Waals surface area contributed by atoms with Crippen LogP contribution >= 0.6 is 24.0 Å². The Kier molecular flexibility index (Phi) is 11.5. The summed E-state index contributed by atoms with van der Waals surface area (Å²) < 4.78 is 7.77. The quantitative estimate of drug-likeness (QED) is 0.237. The van der Waals surface area contributed by atoms with Crippen LogP contribution < -0.4 is 5.32 Å². The number of aryl methyl sites for hydroxylation is 1. The second kappa shape index (κ2) is 13.0. The zero-order chi connectivity index (χ0) is 20.5. The molecule has 8 heteroatoms. The van der Waals surface area contributed by atoms with Crippen molar-refractivity contribution in [1.82, 2.24) is 24.9 Å². The summed E-state index contributed by atoms with van der Waals surface area (Å²) in [5.41, 5.74) is 1.10. The zero-order valence-corrected chi connectivity index (χ0v) is 20.6. The number of hydrogen-bond donors (Lipinski definition) is 1. The normalized spacial score (nSPS) is 18.5. The molecule has 1 aliphatic rings. The van der Waals surface area contributed by atoms with Crippen LogP contribution in [0.15, 0.2) is 42.7 Å². The molecule has 0 bridgehead atoms.